The van der Waals surface area contributed by atoms with Gasteiger partial charge in [-0.15, -0.1) is 0 Å². The van der Waals surface area contributed by atoms with Gasteiger partial charge in [-0.3, -0.25) is 4.79 Å². The number of amides is 1. The first-order valence-electron chi connectivity index (χ1n) is 8.26. The van der Waals surface area contributed by atoms with Gasteiger partial charge in [0.25, 0.3) is 5.91 Å². The Morgan fingerprint density at radius 2 is 1.79 bits per heavy atom. The Hall–Kier alpha value is -2.37. The zero-order valence-electron chi connectivity index (χ0n) is 14.9. The molecule has 0 aromatic carbocycles. The Labute approximate surface area is 142 Å². The van der Waals surface area contributed by atoms with Crippen molar-refractivity contribution in [2.24, 2.45) is 0 Å². The quantitative estimate of drug-likeness (QED) is 0.849. The minimum absolute atomic E-state index is 0.0461. The smallest absolute Gasteiger partial charge is 0.258 e. The third-order valence-corrected chi connectivity index (χ3v) is 4.68. The van der Waals surface area contributed by atoms with Gasteiger partial charge >= 0.3 is 0 Å². The first-order valence-corrected chi connectivity index (χ1v) is 8.26. The third kappa shape index (κ3) is 2.77. The molecule has 1 saturated heterocycles. The summed E-state index contributed by atoms with van der Waals surface area (Å²) in [4.78, 5) is 32.8. The Balaban J connectivity index is 2.01. The largest absolute Gasteiger partial charge is 0.326 e. The molecule has 1 unspecified atom stereocenters. The van der Waals surface area contributed by atoms with Crippen LogP contribution in [0.15, 0.2) is 12.3 Å². The molecule has 1 atom stereocenters. The summed E-state index contributed by atoms with van der Waals surface area (Å²) in [5, 5.41) is 0. The fraction of sp³-hybridized carbons (Fsp3) is 0.500. The number of carbonyl (C=O) groups excluding carboxylic acids is 1. The SMILES string of the molecule is Cc1cc(C)nc(C2(C)CCCN2C(=O)c2cnc(C)nc2C)n1. The molecule has 24 heavy (non-hydrogen) atoms. The van der Waals surface area contributed by atoms with Crippen LogP contribution in [0, 0.1) is 27.7 Å². The van der Waals surface area contributed by atoms with E-state index in [1.165, 1.54) is 0 Å². The van der Waals surface area contributed by atoms with E-state index in [1.807, 2.05) is 38.7 Å². The van der Waals surface area contributed by atoms with Crippen LogP contribution in [0.25, 0.3) is 0 Å². The summed E-state index contributed by atoms with van der Waals surface area (Å²) in [6.07, 6.45) is 3.42. The zero-order chi connectivity index (χ0) is 17.5. The van der Waals surface area contributed by atoms with Gasteiger partial charge in [0.05, 0.1) is 11.3 Å². The molecule has 0 aliphatic carbocycles. The van der Waals surface area contributed by atoms with Gasteiger partial charge in [-0.1, -0.05) is 0 Å². The number of aromatic nitrogens is 4. The maximum absolute atomic E-state index is 13.1. The van der Waals surface area contributed by atoms with E-state index in [4.69, 9.17) is 0 Å². The van der Waals surface area contributed by atoms with Crippen molar-refractivity contribution in [3.63, 3.8) is 0 Å². The lowest BCUT2D eigenvalue weighted by molar-refractivity contribution is 0.0601. The predicted octanol–water partition coefficient (Wildman–Crippen LogP) is 2.65. The molecule has 1 fully saturated rings. The Bertz CT molecular complexity index is 784. The molecule has 1 aliphatic heterocycles. The van der Waals surface area contributed by atoms with Crippen molar-refractivity contribution in [2.75, 3.05) is 6.54 Å². The summed E-state index contributed by atoms with van der Waals surface area (Å²) in [6.45, 7) is 10.3. The molecule has 126 valence electrons. The summed E-state index contributed by atoms with van der Waals surface area (Å²) in [6, 6.07) is 1.95. The van der Waals surface area contributed by atoms with Gasteiger partial charge in [-0.2, -0.15) is 0 Å². The molecule has 1 aliphatic rings. The van der Waals surface area contributed by atoms with E-state index in [9.17, 15) is 4.79 Å². The van der Waals surface area contributed by atoms with Crippen molar-refractivity contribution in [3.8, 4) is 0 Å². The lowest BCUT2D eigenvalue weighted by Crippen LogP contribution is -2.44. The molecular weight excluding hydrogens is 302 g/mol. The third-order valence-electron chi connectivity index (χ3n) is 4.68. The molecule has 1 amide bonds. The van der Waals surface area contributed by atoms with Crippen LogP contribution in [0.1, 0.15) is 58.9 Å². The van der Waals surface area contributed by atoms with Crippen molar-refractivity contribution in [3.05, 3.63) is 46.6 Å². The highest BCUT2D eigenvalue weighted by Gasteiger charge is 2.44. The minimum atomic E-state index is -0.495. The van der Waals surface area contributed by atoms with E-state index >= 15 is 0 Å². The average molecular weight is 325 g/mol. The predicted molar refractivity (Wildman–Crippen MR) is 90.6 cm³/mol. The highest BCUT2D eigenvalue weighted by molar-refractivity contribution is 5.95. The first kappa shape index (κ1) is 16.5. The maximum atomic E-state index is 13.1. The molecule has 3 rings (SSSR count). The van der Waals surface area contributed by atoms with E-state index < -0.39 is 5.54 Å². The number of rotatable bonds is 2. The van der Waals surface area contributed by atoms with E-state index in [-0.39, 0.29) is 5.91 Å². The number of likely N-dealkylation sites (tertiary alicyclic amines) is 1. The van der Waals surface area contributed by atoms with Gasteiger partial charge in [-0.05, 0) is 53.5 Å². The van der Waals surface area contributed by atoms with Crippen molar-refractivity contribution >= 4 is 5.91 Å². The van der Waals surface area contributed by atoms with Gasteiger partial charge in [0, 0.05) is 24.1 Å². The van der Waals surface area contributed by atoms with Crippen molar-refractivity contribution in [2.45, 2.75) is 53.0 Å². The van der Waals surface area contributed by atoms with Gasteiger partial charge < -0.3 is 4.90 Å². The number of nitrogens with zero attached hydrogens (tertiary/aromatic N) is 5. The van der Waals surface area contributed by atoms with Crippen molar-refractivity contribution in [1.82, 2.24) is 24.8 Å². The fourth-order valence-electron chi connectivity index (χ4n) is 3.43. The van der Waals surface area contributed by atoms with Gasteiger partial charge in [0.1, 0.15) is 11.4 Å². The molecule has 6 heteroatoms. The van der Waals surface area contributed by atoms with Crippen LogP contribution in [0.2, 0.25) is 0 Å². The van der Waals surface area contributed by atoms with E-state index in [1.54, 1.807) is 6.20 Å². The topological polar surface area (TPSA) is 71.9 Å². The van der Waals surface area contributed by atoms with E-state index in [0.717, 1.165) is 30.1 Å². The Morgan fingerprint density at radius 3 is 2.42 bits per heavy atom. The molecule has 0 bridgehead atoms. The minimum Gasteiger partial charge on any atom is -0.326 e. The molecule has 2 aromatic rings. The van der Waals surface area contributed by atoms with Crippen LogP contribution in [0.3, 0.4) is 0 Å². The lowest BCUT2D eigenvalue weighted by atomic mass is 9.96. The number of aryl methyl sites for hydroxylation is 4. The van der Waals surface area contributed by atoms with Crippen LogP contribution < -0.4 is 0 Å². The van der Waals surface area contributed by atoms with Crippen LogP contribution >= 0.6 is 0 Å². The van der Waals surface area contributed by atoms with E-state index in [0.29, 0.717) is 23.6 Å². The van der Waals surface area contributed by atoms with Crippen LogP contribution in [-0.2, 0) is 5.54 Å². The standard InChI is InChI=1S/C18H23N5O/c1-11-9-12(2)21-17(20-11)18(5)7-6-8-23(18)16(24)15-10-19-14(4)22-13(15)3/h9-10H,6-8H2,1-5H3. The number of hydrogen-bond donors (Lipinski definition) is 0. The molecule has 0 spiro atoms. The normalized spacial score (nSPS) is 20.5. The second kappa shape index (κ2) is 5.92. The Morgan fingerprint density at radius 1 is 1.12 bits per heavy atom. The number of carbonyl (C=O) groups is 1. The summed E-state index contributed by atoms with van der Waals surface area (Å²) in [7, 11) is 0. The second-order valence-corrected chi connectivity index (χ2v) is 6.72. The lowest BCUT2D eigenvalue weighted by Gasteiger charge is -2.34. The molecule has 2 aromatic heterocycles. The molecule has 0 N–H and O–H groups in total. The Kier molecular flexibility index (Phi) is 4.07. The average Bonchev–Trinajstić information content (AvgIpc) is 2.89. The van der Waals surface area contributed by atoms with Crippen molar-refractivity contribution < 1.29 is 4.79 Å². The molecule has 3 heterocycles. The molecule has 0 radical (unpaired) electrons. The van der Waals surface area contributed by atoms with E-state index in [2.05, 4.69) is 26.9 Å². The fourth-order valence-corrected chi connectivity index (χ4v) is 3.43. The van der Waals surface area contributed by atoms with Crippen LogP contribution in [0.4, 0.5) is 0 Å². The monoisotopic (exact) mass is 325 g/mol. The highest BCUT2D eigenvalue weighted by Crippen LogP contribution is 2.38. The summed E-state index contributed by atoms with van der Waals surface area (Å²) in [5.41, 5.74) is 2.62. The van der Waals surface area contributed by atoms with Gasteiger partial charge in [0.2, 0.25) is 0 Å². The van der Waals surface area contributed by atoms with Crippen molar-refractivity contribution in [1.29, 1.82) is 0 Å². The highest BCUT2D eigenvalue weighted by atomic mass is 16.2. The van der Waals surface area contributed by atoms with Crippen LogP contribution in [-0.4, -0.2) is 37.3 Å². The summed E-state index contributed by atoms with van der Waals surface area (Å²) >= 11 is 0. The second-order valence-electron chi connectivity index (χ2n) is 6.72. The molecule has 6 nitrogen and oxygen atoms in total. The van der Waals surface area contributed by atoms with Gasteiger partial charge in [0.15, 0.2) is 5.82 Å². The van der Waals surface area contributed by atoms with Gasteiger partial charge in [-0.25, -0.2) is 19.9 Å². The molecule has 0 saturated carbocycles. The maximum Gasteiger partial charge on any atom is 0.258 e. The first-order chi connectivity index (χ1) is 11.3. The van der Waals surface area contributed by atoms with Crippen LogP contribution in [0.5, 0.6) is 0 Å². The molecular formula is C18H23N5O. The summed E-state index contributed by atoms with van der Waals surface area (Å²) < 4.78 is 0. The number of hydrogen-bond acceptors (Lipinski definition) is 5. The zero-order valence-corrected chi connectivity index (χ0v) is 14.9. The summed E-state index contributed by atoms with van der Waals surface area (Å²) in [5.74, 6) is 1.35.